The van der Waals surface area contributed by atoms with Gasteiger partial charge in [-0.1, -0.05) is 48.9 Å². The van der Waals surface area contributed by atoms with Crippen LogP contribution in [0.2, 0.25) is 0 Å². The molecule has 3 aromatic carbocycles. The average Bonchev–Trinajstić information content (AvgIpc) is 3.18. The molecule has 2 heterocycles. The van der Waals surface area contributed by atoms with Crippen molar-refractivity contribution in [1.29, 1.82) is 0 Å². The molecule has 0 spiro atoms. The van der Waals surface area contributed by atoms with E-state index in [1.54, 1.807) is 12.1 Å². The number of benzene rings is 3. The summed E-state index contributed by atoms with van der Waals surface area (Å²) < 4.78 is 8.62. The number of nitrogens with zero attached hydrogens (tertiary/aromatic N) is 4. The monoisotopic (exact) mass is 467 g/mol. The Balaban J connectivity index is 1.53. The molecule has 8 heteroatoms. The first kappa shape index (κ1) is 22.3. The zero-order valence-electron chi connectivity index (χ0n) is 19.8. The normalized spacial score (nSPS) is 11.2. The minimum Gasteiger partial charge on any atom is -0.436 e. The molecule has 5 rings (SSSR count). The van der Waals surface area contributed by atoms with Crippen LogP contribution in [0.1, 0.15) is 23.6 Å². The van der Waals surface area contributed by atoms with Gasteiger partial charge in [-0.3, -0.25) is 4.79 Å². The van der Waals surface area contributed by atoms with Crippen LogP contribution in [0.15, 0.2) is 71.5 Å². The van der Waals surface area contributed by atoms with Gasteiger partial charge in [0.05, 0.1) is 11.0 Å². The summed E-state index contributed by atoms with van der Waals surface area (Å²) in [6, 6.07) is 20.7. The standard InChI is InChI=1S/C27H25N5O3/c1-4-19-10-12-20(13-11-19)35-26-25-30-31(16-24(33)28-21-14-9-17(2)15-18(21)3)27(34)32(25)23-8-6-5-7-22(23)29-26/h5-15H,4,16H2,1-3H3,(H,28,33). The topological polar surface area (TPSA) is 90.5 Å². The van der Waals surface area contributed by atoms with Gasteiger partial charge in [-0.25, -0.2) is 18.9 Å². The van der Waals surface area contributed by atoms with E-state index in [0.717, 1.165) is 22.2 Å². The lowest BCUT2D eigenvalue weighted by molar-refractivity contribution is -0.117. The molecule has 0 bridgehead atoms. The van der Waals surface area contributed by atoms with Crippen LogP contribution in [0.4, 0.5) is 5.69 Å². The predicted molar refractivity (Wildman–Crippen MR) is 135 cm³/mol. The Bertz CT molecular complexity index is 1620. The summed E-state index contributed by atoms with van der Waals surface area (Å²) in [5.41, 5.74) is 4.90. The SMILES string of the molecule is CCc1ccc(Oc2nc3ccccc3n3c(=O)n(CC(=O)Nc4ccc(C)cc4C)nc23)cc1. The third-order valence-corrected chi connectivity index (χ3v) is 5.87. The van der Waals surface area contributed by atoms with E-state index in [-0.39, 0.29) is 24.0 Å². The second-order valence-corrected chi connectivity index (χ2v) is 8.47. The molecule has 0 fully saturated rings. The first-order valence-electron chi connectivity index (χ1n) is 11.4. The maximum absolute atomic E-state index is 13.3. The third-order valence-electron chi connectivity index (χ3n) is 5.87. The van der Waals surface area contributed by atoms with E-state index >= 15 is 0 Å². The highest BCUT2D eigenvalue weighted by molar-refractivity contribution is 5.91. The van der Waals surface area contributed by atoms with Gasteiger partial charge in [-0.2, -0.15) is 0 Å². The summed E-state index contributed by atoms with van der Waals surface area (Å²) in [7, 11) is 0. The lowest BCUT2D eigenvalue weighted by Crippen LogP contribution is -2.28. The molecule has 0 radical (unpaired) electrons. The van der Waals surface area contributed by atoms with Gasteiger partial charge in [0, 0.05) is 5.69 Å². The Labute approximate surface area is 201 Å². The fraction of sp³-hybridized carbons (Fsp3) is 0.185. The largest absolute Gasteiger partial charge is 0.436 e. The van der Waals surface area contributed by atoms with Gasteiger partial charge in [0.2, 0.25) is 11.6 Å². The minimum atomic E-state index is -0.444. The number of nitrogens with one attached hydrogen (secondary N) is 1. The number of anilines is 1. The van der Waals surface area contributed by atoms with Gasteiger partial charge in [-0.15, -0.1) is 5.10 Å². The van der Waals surface area contributed by atoms with Crippen molar-refractivity contribution in [2.24, 2.45) is 0 Å². The summed E-state index contributed by atoms with van der Waals surface area (Å²) in [4.78, 5) is 30.7. The van der Waals surface area contributed by atoms with Crippen molar-refractivity contribution in [2.75, 3.05) is 5.32 Å². The van der Waals surface area contributed by atoms with E-state index in [1.165, 1.54) is 9.96 Å². The summed E-state index contributed by atoms with van der Waals surface area (Å²) in [5.74, 6) is 0.428. The molecule has 0 saturated heterocycles. The highest BCUT2D eigenvalue weighted by atomic mass is 16.5. The Morgan fingerprint density at radius 3 is 2.54 bits per heavy atom. The maximum Gasteiger partial charge on any atom is 0.351 e. The average molecular weight is 468 g/mol. The smallest absolute Gasteiger partial charge is 0.351 e. The zero-order valence-corrected chi connectivity index (χ0v) is 19.8. The van der Waals surface area contributed by atoms with Crippen LogP contribution < -0.4 is 15.7 Å². The predicted octanol–water partition coefficient (Wildman–Crippen LogP) is 4.65. The van der Waals surface area contributed by atoms with Crippen LogP contribution in [-0.4, -0.2) is 25.1 Å². The van der Waals surface area contributed by atoms with E-state index in [0.29, 0.717) is 22.5 Å². The number of fused-ring (bicyclic) bond motifs is 3. The number of hydrogen-bond donors (Lipinski definition) is 1. The highest BCUT2D eigenvalue weighted by Gasteiger charge is 2.19. The summed E-state index contributed by atoms with van der Waals surface area (Å²) in [5, 5.41) is 7.29. The number of aryl methyl sites for hydroxylation is 3. The van der Waals surface area contributed by atoms with Crippen molar-refractivity contribution in [1.82, 2.24) is 19.2 Å². The van der Waals surface area contributed by atoms with E-state index in [1.807, 2.05) is 68.4 Å². The zero-order chi connectivity index (χ0) is 24.5. The fourth-order valence-electron chi connectivity index (χ4n) is 4.03. The Morgan fingerprint density at radius 2 is 1.80 bits per heavy atom. The number of rotatable bonds is 6. The molecular weight excluding hydrogens is 442 g/mol. The van der Waals surface area contributed by atoms with Crippen molar-refractivity contribution in [2.45, 2.75) is 33.7 Å². The summed E-state index contributed by atoms with van der Waals surface area (Å²) in [6.07, 6.45) is 0.919. The van der Waals surface area contributed by atoms with E-state index in [4.69, 9.17) is 4.74 Å². The summed E-state index contributed by atoms with van der Waals surface area (Å²) >= 11 is 0. The number of aromatic nitrogens is 4. The van der Waals surface area contributed by atoms with E-state index in [2.05, 4.69) is 22.3 Å². The number of carbonyl (C=O) groups is 1. The number of hydrogen-bond acceptors (Lipinski definition) is 5. The highest BCUT2D eigenvalue weighted by Crippen LogP contribution is 2.26. The van der Waals surface area contributed by atoms with Crippen molar-refractivity contribution in [3.63, 3.8) is 0 Å². The molecule has 0 atom stereocenters. The van der Waals surface area contributed by atoms with Crippen molar-refractivity contribution in [3.8, 4) is 11.6 Å². The number of para-hydroxylation sites is 2. The van der Waals surface area contributed by atoms with E-state index in [9.17, 15) is 9.59 Å². The molecule has 1 N–H and O–H groups in total. The van der Waals surface area contributed by atoms with Crippen molar-refractivity contribution >= 4 is 28.3 Å². The lowest BCUT2D eigenvalue weighted by Gasteiger charge is -2.08. The number of amides is 1. The van der Waals surface area contributed by atoms with Crippen LogP contribution in [-0.2, 0) is 17.8 Å². The number of ether oxygens (including phenoxy) is 1. The van der Waals surface area contributed by atoms with Gasteiger partial charge >= 0.3 is 5.69 Å². The van der Waals surface area contributed by atoms with Crippen molar-refractivity contribution < 1.29 is 9.53 Å². The van der Waals surface area contributed by atoms with Crippen LogP contribution in [0, 0.1) is 13.8 Å². The molecule has 5 aromatic rings. The second kappa shape index (κ2) is 9.06. The lowest BCUT2D eigenvalue weighted by atomic mass is 10.1. The fourth-order valence-corrected chi connectivity index (χ4v) is 4.03. The van der Waals surface area contributed by atoms with Crippen LogP contribution in [0.5, 0.6) is 11.6 Å². The molecule has 0 aliphatic heterocycles. The van der Waals surface area contributed by atoms with Gasteiger partial charge in [-0.05, 0) is 61.7 Å². The van der Waals surface area contributed by atoms with Gasteiger partial charge < -0.3 is 10.1 Å². The molecule has 2 aromatic heterocycles. The van der Waals surface area contributed by atoms with Crippen LogP contribution >= 0.6 is 0 Å². The molecular formula is C27H25N5O3. The molecule has 8 nitrogen and oxygen atoms in total. The van der Waals surface area contributed by atoms with E-state index < -0.39 is 5.69 Å². The first-order valence-corrected chi connectivity index (χ1v) is 11.4. The first-order chi connectivity index (χ1) is 16.9. The Morgan fingerprint density at radius 1 is 1.03 bits per heavy atom. The quantitative estimate of drug-likeness (QED) is 0.392. The molecule has 0 saturated carbocycles. The third kappa shape index (κ3) is 4.38. The molecule has 0 unspecified atom stereocenters. The van der Waals surface area contributed by atoms with Gasteiger partial charge in [0.25, 0.3) is 5.88 Å². The summed E-state index contributed by atoms with van der Waals surface area (Å²) in [6.45, 7) is 5.76. The molecule has 1 amide bonds. The Hall–Kier alpha value is -4.46. The number of carbonyl (C=O) groups excluding carboxylic acids is 1. The molecule has 176 valence electrons. The second-order valence-electron chi connectivity index (χ2n) is 8.47. The van der Waals surface area contributed by atoms with Crippen LogP contribution in [0.3, 0.4) is 0 Å². The van der Waals surface area contributed by atoms with Gasteiger partial charge in [0.15, 0.2) is 0 Å². The molecule has 35 heavy (non-hydrogen) atoms. The molecule has 0 aliphatic carbocycles. The molecule has 0 aliphatic rings. The maximum atomic E-state index is 13.3. The minimum absolute atomic E-state index is 0.193. The Kier molecular flexibility index (Phi) is 5.78. The van der Waals surface area contributed by atoms with Crippen LogP contribution in [0.25, 0.3) is 16.7 Å². The van der Waals surface area contributed by atoms with Crippen molar-refractivity contribution in [3.05, 3.63) is 93.9 Å². The van der Waals surface area contributed by atoms with Gasteiger partial charge in [0.1, 0.15) is 12.3 Å².